The maximum atomic E-state index is 13.4. The third-order valence-corrected chi connectivity index (χ3v) is 6.96. The highest BCUT2D eigenvalue weighted by Gasteiger charge is 2.26. The van der Waals surface area contributed by atoms with E-state index in [1.807, 2.05) is 49.4 Å². The second-order valence-electron chi connectivity index (χ2n) is 9.20. The van der Waals surface area contributed by atoms with E-state index in [1.165, 1.54) is 0 Å². The van der Waals surface area contributed by atoms with Gasteiger partial charge < -0.3 is 10.2 Å². The third-order valence-electron chi connectivity index (χ3n) is 6.52. The second kappa shape index (κ2) is 12.2. The number of carbonyl (C=O) groups excluding carboxylic acids is 2. The van der Waals surface area contributed by atoms with Crippen LogP contribution in [-0.2, 0) is 9.59 Å². The largest absolute Gasteiger partial charge is 0.326 e. The first-order valence-electron chi connectivity index (χ1n) is 12.2. The van der Waals surface area contributed by atoms with Gasteiger partial charge in [0.05, 0.1) is 24.2 Å². The summed E-state index contributed by atoms with van der Waals surface area (Å²) in [6.45, 7) is 3.87. The third kappa shape index (κ3) is 7.11. The molecule has 0 aliphatic carbocycles. The molecule has 1 aliphatic heterocycles. The molecule has 4 rings (SSSR count). The quantitative estimate of drug-likeness (QED) is 0.375. The molecule has 3 aromatic rings. The van der Waals surface area contributed by atoms with Crippen LogP contribution in [0.15, 0.2) is 66.7 Å². The molecule has 1 heterocycles. The Labute approximate surface area is 227 Å². The number of amides is 2. The molecular formula is C29H28Cl2N4O2. The summed E-state index contributed by atoms with van der Waals surface area (Å²) in [5.41, 5.74) is 3.90. The van der Waals surface area contributed by atoms with Crippen LogP contribution >= 0.6 is 23.2 Å². The van der Waals surface area contributed by atoms with E-state index in [-0.39, 0.29) is 30.9 Å². The van der Waals surface area contributed by atoms with Crippen molar-refractivity contribution in [1.29, 1.82) is 5.26 Å². The maximum absolute atomic E-state index is 13.4. The van der Waals surface area contributed by atoms with Gasteiger partial charge in [-0.25, -0.2) is 0 Å². The summed E-state index contributed by atoms with van der Waals surface area (Å²) in [7, 11) is 0. The Bertz CT molecular complexity index is 1290. The average molecular weight is 535 g/mol. The number of halogens is 2. The van der Waals surface area contributed by atoms with Crippen LogP contribution in [0.5, 0.6) is 0 Å². The first kappa shape index (κ1) is 26.7. The molecule has 2 amide bonds. The predicted octanol–water partition coefficient (Wildman–Crippen LogP) is 6.16. The van der Waals surface area contributed by atoms with E-state index in [1.54, 1.807) is 29.2 Å². The number of likely N-dealkylation sites (tertiary alicyclic amines) is 1. The summed E-state index contributed by atoms with van der Waals surface area (Å²) in [6, 6.07) is 22.0. The molecule has 0 bridgehead atoms. The van der Waals surface area contributed by atoms with Crippen molar-refractivity contribution in [2.75, 3.05) is 31.5 Å². The fourth-order valence-corrected chi connectivity index (χ4v) is 5.07. The topological polar surface area (TPSA) is 76.4 Å². The smallest absolute Gasteiger partial charge is 0.244 e. The lowest BCUT2D eigenvalue weighted by molar-refractivity contribution is -0.137. The van der Waals surface area contributed by atoms with Crippen molar-refractivity contribution in [2.24, 2.45) is 0 Å². The molecule has 0 aromatic heterocycles. The fraction of sp³-hybridized carbons (Fsp3) is 0.276. The summed E-state index contributed by atoms with van der Waals surface area (Å²) >= 11 is 12.1. The van der Waals surface area contributed by atoms with Crippen molar-refractivity contribution in [3.63, 3.8) is 0 Å². The Morgan fingerprint density at radius 3 is 2.32 bits per heavy atom. The number of hydrogen-bond acceptors (Lipinski definition) is 4. The van der Waals surface area contributed by atoms with Crippen molar-refractivity contribution in [1.82, 2.24) is 9.80 Å². The molecule has 1 atom stereocenters. The Hall–Kier alpha value is -3.37. The number of hydrogen-bond donors (Lipinski definition) is 1. The van der Waals surface area contributed by atoms with Gasteiger partial charge >= 0.3 is 0 Å². The molecule has 0 spiro atoms. The Morgan fingerprint density at radius 2 is 1.68 bits per heavy atom. The highest BCUT2D eigenvalue weighted by molar-refractivity contribution is 6.35. The van der Waals surface area contributed by atoms with Crippen LogP contribution in [0.3, 0.4) is 0 Å². The van der Waals surface area contributed by atoms with Gasteiger partial charge in [0, 0.05) is 15.7 Å². The Kier molecular flexibility index (Phi) is 8.83. The minimum atomic E-state index is -0.330. The molecule has 8 heteroatoms. The lowest BCUT2D eigenvalue weighted by Gasteiger charge is -2.31. The minimum Gasteiger partial charge on any atom is -0.326 e. The molecule has 1 aliphatic rings. The lowest BCUT2D eigenvalue weighted by atomic mass is 9.99. The van der Waals surface area contributed by atoms with Gasteiger partial charge in [0.1, 0.15) is 6.54 Å². The highest BCUT2D eigenvalue weighted by Crippen LogP contribution is 2.27. The summed E-state index contributed by atoms with van der Waals surface area (Å²) in [5.74, 6) is -0.427. The van der Waals surface area contributed by atoms with Crippen molar-refractivity contribution in [2.45, 2.75) is 25.8 Å². The molecule has 1 fully saturated rings. The van der Waals surface area contributed by atoms with Crippen LogP contribution in [0.1, 0.15) is 36.9 Å². The molecule has 1 N–H and O–H groups in total. The second-order valence-corrected chi connectivity index (χ2v) is 10.1. The van der Waals surface area contributed by atoms with E-state index in [4.69, 9.17) is 23.2 Å². The molecule has 0 radical (unpaired) electrons. The summed E-state index contributed by atoms with van der Waals surface area (Å²) in [5, 5.41) is 12.8. The Balaban J connectivity index is 1.53. The number of carbonyl (C=O) groups is 2. The zero-order valence-electron chi connectivity index (χ0n) is 20.6. The number of nitrogens with one attached hydrogen (secondary N) is 1. The van der Waals surface area contributed by atoms with Gasteiger partial charge in [-0.15, -0.1) is 0 Å². The number of anilines is 1. The van der Waals surface area contributed by atoms with Gasteiger partial charge in [0.2, 0.25) is 11.8 Å². The van der Waals surface area contributed by atoms with E-state index in [0.717, 1.165) is 42.6 Å². The van der Waals surface area contributed by atoms with Crippen LogP contribution < -0.4 is 5.32 Å². The van der Waals surface area contributed by atoms with Crippen molar-refractivity contribution in [3.05, 3.63) is 87.9 Å². The average Bonchev–Trinajstić information content (AvgIpc) is 3.39. The molecule has 0 saturated carbocycles. The van der Waals surface area contributed by atoms with Crippen molar-refractivity contribution in [3.8, 4) is 17.2 Å². The highest BCUT2D eigenvalue weighted by atomic mass is 35.5. The van der Waals surface area contributed by atoms with E-state index in [2.05, 4.69) is 16.3 Å². The molecule has 37 heavy (non-hydrogen) atoms. The van der Waals surface area contributed by atoms with Crippen LogP contribution in [0.4, 0.5) is 5.69 Å². The minimum absolute atomic E-state index is 0.0977. The van der Waals surface area contributed by atoms with Gasteiger partial charge in [-0.2, -0.15) is 5.26 Å². The SMILES string of the molecule is CC(c1ccc(-c2cccc(C#N)c2)cc1)N(CC(=O)Nc1cc(Cl)cc(Cl)c1)C(=O)CN1CCCC1. The van der Waals surface area contributed by atoms with Crippen molar-refractivity contribution < 1.29 is 9.59 Å². The van der Waals surface area contributed by atoms with Crippen molar-refractivity contribution >= 4 is 40.7 Å². The van der Waals surface area contributed by atoms with E-state index in [0.29, 0.717) is 21.3 Å². The van der Waals surface area contributed by atoms with Gasteiger partial charge in [-0.3, -0.25) is 14.5 Å². The number of nitriles is 1. The number of benzene rings is 3. The fourth-order valence-electron chi connectivity index (χ4n) is 4.55. The van der Waals surface area contributed by atoms with E-state index < -0.39 is 0 Å². The van der Waals surface area contributed by atoms with Crippen LogP contribution in [0.25, 0.3) is 11.1 Å². The molecule has 1 saturated heterocycles. The first-order valence-corrected chi connectivity index (χ1v) is 13.0. The molecular weight excluding hydrogens is 507 g/mol. The zero-order valence-corrected chi connectivity index (χ0v) is 22.1. The van der Waals surface area contributed by atoms with Crippen LogP contribution in [0, 0.1) is 11.3 Å². The zero-order chi connectivity index (χ0) is 26.4. The van der Waals surface area contributed by atoms with Gasteiger partial charge in [-0.05, 0) is 79.9 Å². The monoisotopic (exact) mass is 534 g/mol. The van der Waals surface area contributed by atoms with Crippen LogP contribution in [0.2, 0.25) is 10.0 Å². The van der Waals surface area contributed by atoms with Gasteiger partial charge in [0.25, 0.3) is 0 Å². The van der Waals surface area contributed by atoms with Crippen LogP contribution in [-0.4, -0.2) is 47.8 Å². The lowest BCUT2D eigenvalue weighted by Crippen LogP contribution is -2.44. The Morgan fingerprint density at radius 1 is 1.00 bits per heavy atom. The molecule has 3 aromatic carbocycles. The van der Waals surface area contributed by atoms with Gasteiger partial charge in [0.15, 0.2) is 0 Å². The standard InChI is InChI=1S/C29H28Cl2N4O2/c1-20(22-7-9-23(10-8-22)24-6-4-5-21(13-24)17-32)35(29(37)19-34-11-2-3-12-34)18-28(36)33-27-15-25(30)14-26(31)16-27/h4-10,13-16,20H,2-3,11-12,18-19H2,1H3,(H,33,36). The molecule has 190 valence electrons. The summed E-state index contributed by atoms with van der Waals surface area (Å²) in [6.07, 6.45) is 2.15. The normalized spacial score (nSPS) is 14.1. The van der Waals surface area contributed by atoms with E-state index >= 15 is 0 Å². The number of nitrogens with zero attached hydrogens (tertiary/aromatic N) is 3. The van der Waals surface area contributed by atoms with Gasteiger partial charge in [-0.1, -0.05) is 59.6 Å². The molecule has 6 nitrogen and oxygen atoms in total. The summed E-state index contributed by atoms with van der Waals surface area (Å²) < 4.78 is 0. The first-order chi connectivity index (χ1) is 17.8. The van der Waals surface area contributed by atoms with E-state index in [9.17, 15) is 14.9 Å². The maximum Gasteiger partial charge on any atom is 0.244 e. The number of rotatable bonds is 8. The summed E-state index contributed by atoms with van der Waals surface area (Å²) in [4.78, 5) is 30.1. The molecule has 1 unspecified atom stereocenters. The predicted molar refractivity (Wildman–Crippen MR) is 147 cm³/mol.